The van der Waals surface area contributed by atoms with Gasteiger partial charge in [-0.2, -0.15) is 0 Å². The van der Waals surface area contributed by atoms with Crippen LogP contribution < -0.4 is 0 Å². The average molecular weight is 124 g/mol. The topological polar surface area (TPSA) is 0 Å². The highest BCUT2D eigenvalue weighted by atomic mass is 14.6. The van der Waals surface area contributed by atoms with Crippen LogP contribution in [-0.2, 0) is 0 Å². The third kappa shape index (κ3) is 0.720. The molecule has 52 valence electrons. The molecule has 0 radical (unpaired) electrons. The predicted molar refractivity (Wildman–Crippen MR) is 39.3 cm³/mol. The first-order valence-electron chi connectivity index (χ1n) is 4.35. The van der Waals surface area contributed by atoms with E-state index in [9.17, 15) is 0 Å². The van der Waals surface area contributed by atoms with E-state index >= 15 is 0 Å². The van der Waals surface area contributed by atoms with Crippen LogP contribution in [0.15, 0.2) is 0 Å². The molecule has 0 N–H and O–H groups in total. The SMILES string of the molecule is CCCCC12CC(C1)C2. The molecule has 0 unspecified atom stereocenters. The van der Waals surface area contributed by atoms with Crippen LogP contribution in [0.1, 0.15) is 45.4 Å². The zero-order valence-electron chi connectivity index (χ0n) is 6.32. The molecular formula is C9H16. The Bertz CT molecular complexity index is 98.2. The highest BCUT2D eigenvalue weighted by Gasteiger charge is 2.55. The van der Waals surface area contributed by atoms with Gasteiger partial charge in [-0.15, -0.1) is 0 Å². The van der Waals surface area contributed by atoms with Gasteiger partial charge in [0, 0.05) is 0 Å². The Labute approximate surface area is 57.6 Å². The van der Waals surface area contributed by atoms with Crippen LogP contribution in [0.5, 0.6) is 0 Å². The second-order valence-corrected chi connectivity index (χ2v) is 4.08. The van der Waals surface area contributed by atoms with Gasteiger partial charge >= 0.3 is 0 Å². The lowest BCUT2D eigenvalue weighted by Gasteiger charge is -2.62. The van der Waals surface area contributed by atoms with E-state index in [1.54, 1.807) is 25.7 Å². The van der Waals surface area contributed by atoms with Crippen LogP contribution in [0.4, 0.5) is 0 Å². The number of rotatable bonds is 3. The third-order valence-electron chi connectivity index (χ3n) is 3.23. The molecule has 0 heterocycles. The fraction of sp³-hybridized carbons (Fsp3) is 1.00. The molecule has 0 atom stereocenters. The Morgan fingerprint density at radius 1 is 1.33 bits per heavy atom. The molecule has 9 heavy (non-hydrogen) atoms. The van der Waals surface area contributed by atoms with Gasteiger partial charge in [-0.3, -0.25) is 0 Å². The minimum Gasteiger partial charge on any atom is -0.0654 e. The highest BCUT2D eigenvalue weighted by Crippen LogP contribution is 2.66. The maximum Gasteiger partial charge on any atom is -0.0290 e. The molecule has 3 saturated carbocycles. The molecule has 0 aromatic carbocycles. The Morgan fingerprint density at radius 2 is 2.00 bits per heavy atom. The Balaban J connectivity index is 1.73. The van der Waals surface area contributed by atoms with Gasteiger partial charge in [0.1, 0.15) is 0 Å². The monoisotopic (exact) mass is 124 g/mol. The van der Waals surface area contributed by atoms with Crippen molar-refractivity contribution in [1.82, 2.24) is 0 Å². The lowest BCUT2D eigenvalue weighted by atomic mass is 9.43. The summed E-state index contributed by atoms with van der Waals surface area (Å²) in [6.07, 6.45) is 9.19. The molecule has 3 rings (SSSR count). The molecule has 0 saturated heterocycles. The molecule has 3 aliphatic carbocycles. The molecule has 0 nitrogen and oxygen atoms in total. The lowest BCUT2D eigenvalue weighted by Crippen LogP contribution is -2.51. The second kappa shape index (κ2) is 1.74. The summed E-state index contributed by atoms with van der Waals surface area (Å²) >= 11 is 0. The van der Waals surface area contributed by atoms with Gasteiger partial charge in [0.05, 0.1) is 0 Å². The second-order valence-electron chi connectivity index (χ2n) is 4.08. The van der Waals surface area contributed by atoms with Crippen molar-refractivity contribution in [2.24, 2.45) is 11.3 Å². The van der Waals surface area contributed by atoms with Gasteiger partial charge < -0.3 is 0 Å². The summed E-state index contributed by atoms with van der Waals surface area (Å²) in [5.41, 5.74) is 0.917. The maximum atomic E-state index is 2.30. The highest BCUT2D eigenvalue weighted by molar-refractivity contribution is 5.06. The largest absolute Gasteiger partial charge is 0.0654 e. The number of hydrogen-bond acceptors (Lipinski definition) is 0. The van der Waals surface area contributed by atoms with Crippen LogP contribution in [0.25, 0.3) is 0 Å². The number of hydrogen-bond donors (Lipinski definition) is 0. The minimum absolute atomic E-state index is 0.917. The molecule has 0 aromatic heterocycles. The van der Waals surface area contributed by atoms with Crippen molar-refractivity contribution in [2.75, 3.05) is 0 Å². The van der Waals surface area contributed by atoms with E-state index in [4.69, 9.17) is 0 Å². The van der Waals surface area contributed by atoms with Crippen molar-refractivity contribution in [3.05, 3.63) is 0 Å². The van der Waals surface area contributed by atoms with E-state index in [1.165, 1.54) is 18.8 Å². The predicted octanol–water partition coefficient (Wildman–Crippen LogP) is 2.98. The molecule has 2 bridgehead atoms. The molecule has 0 aromatic rings. The van der Waals surface area contributed by atoms with Crippen LogP contribution in [-0.4, -0.2) is 0 Å². The van der Waals surface area contributed by atoms with Crippen molar-refractivity contribution in [3.8, 4) is 0 Å². The van der Waals surface area contributed by atoms with Gasteiger partial charge in [0.25, 0.3) is 0 Å². The van der Waals surface area contributed by atoms with Crippen molar-refractivity contribution in [3.63, 3.8) is 0 Å². The van der Waals surface area contributed by atoms with Gasteiger partial charge in [0.15, 0.2) is 0 Å². The van der Waals surface area contributed by atoms with Crippen LogP contribution in [0, 0.1) is 11.3 Å². The minimum atomic E-state index is 0.917. The first-order chi connectivity index (χ1) is 4.35. The van der Waals surface area contributed by atoms with E-state index in [-0.39, 0.29) is 0 Å². The summed E-state index contributed by atoms with van der Waals surface area (Å²) in [6.45, 7) is 2.30. The maximum absolute atomic E-state index is 2.30. The van der Waals surface area contributed by atoms with Gasteiger partial charge in [-0.05, 0) is 37.0 Å². The first-order valence-corrected chi connectivity index (χ1v) is 4.35. The van der Waals surface area contributed by atoms with Crippen molar-refractivity contribution < 1.29 is 0 Å². The average Bonchev–Trinajstić information content (AvgIpc) is 1.59. The Morgan fingerprint density at radius 3 is 2.33 bits per heavy atom. The fourth-order valence-electron chi connectivity index (χ4n) is 2.52. The van der Waals surface area contributed by atoms with E-state index in [1.807, 2.05) is 0 Å². The number of unbranched alkanes of at least 4 members (excludes halogenated alkanes) is 1. The van der Waals surface area contributed by atoms with Gasteiger partial charge in [-0.1, -0.05) is 19.8 Å². The summed E-state index contributed by atoms with van der Waals surface area (Å²) in [4.78, 5) is 0. The van der Waals surface area contributed by atoms with Gasteiger partial charge in [0.2, 0.25) is 0 Å². The fourth-order valence-corrected chi connectivity index (χ4v) is 2.52. The van der Waals surface area contributed by atoms with Crippen molar-refractivity contribution in [2.45, 2.75) is 45.4 Å². The lowest BCUT2D eigenvalue weighted by molar-refractivity contribution is -0.113. The molecule has 0 heteroatoms. The van der Waals surface area contributed by atoms with E-state index < -0.39 is 0 Å². The summed E-state index contributed by atoms with van der Waals surface area (Å²) < 4.78 is 0. The normalized spacial score (nSPS) is 45.7. The Hall–Kier alpha value is 0. The molecule has 3 aliphatic rings. The van der Waals surface area contributed by atoms with E-state index in [0.29, 0.717) is 0 Å². The molecule has 0 amide bonds. The first kappa shape index (κ1) is 5.76. The summed E-state index contributed by atoms with van der Waals surface area (Å²) in [6, 6.07) is 0. The third-order valence-corrected chi connectivity index (χ3v) is 3.23. The quantitative estimate of drug-likeness (QED) is 0.542. The van der Waals surface area contributed by atoms with E-state index in [2.05, 4.69) is 6.92 Å². The van der Waals surface area contributed by atoms with Crippen LogP contribution in [0.2, 0.25) is 0 Å². The zero-order chi connectivity index (χ0) is 6.32. The van der Waals surface area contributed by atoms with Crippen LogP contribution >= 0.6 is 0 Å². The standard InChI is InChI=1S/C9H16/c1-2-3-4-9-5-8(6-9)7-9/h8H,2-7H2,1H3. The van der Waals surface area contributed by atoms with Crippen molar-refractivity contribution in [1.29, 1.82) is 0 Å². The van der Waals surface area contributed by atoms with Crippen molar-refractivity contribution >= 4 is 0 Å². The summed E-state index contributed by atoms with van der Waals surface area (Å²) in [5.74, 6) is 1.18. The van der Waals surface area contributed by atoms with E-state index in [0.717, 1.165) is 5.41 Å². The molecule has 0 spiro atoms. The molecular weight excluding hydrogens is 108 g/mol. The zero-order valence-corrected chi connectivity index (χ0v) is 6.32. The van der Waals surface area contributed by atoms with Crippen LogP contribution in [0.3, 0.4) is 0 Å². The smallest absolute Gasteiger partial charge is 0.0290 e. The summed E-state index contributed by atoms with van der Waals surface area (Å²) in [7, 11) is 0. The summed E-state index contributed by atoms with van der Waals surface area (Å²) in [5, 5.41) is 0. The molecule has 3 fully saturated rings. The Kier molecular flexibility index (Phi) is 1.12. The van der Waals surface area contributed by atoms with Gasteiger partial charge in [-0.25, -0.2) is 0 Å². The molecule has 0 aliphatic heterocycles.